The van der Waals surface area contributed by atoms with Crippen LogP contribution in [0, 0.1) is 5.82 Å². The molecule has 1 unspecified atom stereocenters. The molecule has 0 radical (unpaired) electrons. The molecule has 5 rings (SSSR count). The number of aromatic nitrogens is 1. The zero-order chi connectivity index (χ0) is 21.4. The van der Waals surface area contributed by atoms with E-state index >= 15 is 0 Å². The van der Waals surface area contributed by atoms with Crippen molar-refractivity contribution in [2.75, 3.05) is 29.0 Å². The number of amides is 2. The van der Waals surface area contributed by atoms with Gasteiger partial charge >= 0.3 is 6.03 Å². The van der Waals surface area contributed by atoms with E-state index < -0.39 is 6.17 Å². The Morgan fingerprint density at radius 2 is 1.94 bits per heavy atom. The first-order valence-electron chi connectivity index (χ1n) is 10.2. The van der Waals surface area contributed by atoms with Gasteiger partial charge in [0.15, 0.2) is 5.82 Å². The zero-order valence-electron chi connectivity index (χ0n) is 16.7. The van der Waals surface area contributed by atoms with Crippen molar-refractivity contribution in [2.24, 2.45) is 0 Å². The minimum atomic E-state index is -0.507. The van der Waals surface area contributed by atoms with Crippen LogP contribution in [-0.4, -0.2) is 29.0 Å². The van der Waals surface area contributed by atoms with Gasteiger partial charge in [-0.3, -0.25) is 0 Å². The van der Waals surface area contributed by atoms with Crippen LogP contribution in [0.1, 0.15) is 24.6 Å². The molecule has 2 aliphatic rings. The van der Waals surface area contributed by atoms with Crippen LogP contribution in [0.5, 0.6) is 0 Å². The predicted octanol–water partition coefficient (Wildman–Crippen LogP) is 5.71. The van der Waals surface area contributed by atoms with Crippen LogP contribution in [0.4, 0.5) is 26.4 Å². The van der Waals surface area contributed by atoms with Crippen molar-refractivity contribution in [3.8, 4) is 11.1 Å². The highest BCUT2D eigenvalue weighted by atomic mass is 35.5. The maximum atomic E-state index is 14.6. The molecule has 1 saturated heterocycles. The van der Waals surface area contributed by atoms with Crippen LogP contribution >= 0.6 is 11.6 Å². The molecule has 31 heavy (non-hydrogen) atoms. The first kappa shape index (κ1) is 19.6. The van der Waals surface area contributed by atoms with Gasteiger partial charge in [0.05, 0.1) is 5.69 Å². The van der Waals surface area contributed by atoms with Crippen LogP contribution in [0.2, 0.25) is 5.02 Å². The molecule has 3 aromatic rings. The van der Waals surface area contributed by atoms with Crippen LogP contribution in [-0.2, 0) is 0 Å². The van der Waals surface area contributed by atoms with Crippen molar-refractivity contribution in [1.29, 1.82) is 0 Å². The third-order valence-corrected chi connectivity index (χ3v) is 5.93. The number of nitrogens with zero attached hydrogens (tertiary/aromatic N) is 2. The summed E-state index contributed by atoms with van der Waals surface area (Å²) < 4.78 is 14.6. The Morgan fingerprint density at radius 3 is 2.74 bits per heavy atom. The highest BCUT2D eigenvalue weighted by molar-refractivity contribution is 6.33. The molecule has 0 bridgehead atoms. The molecule has 1 aromatic heterocycles. The molecule has 8 heteroatoms. The smallest absolute Gasteiger partial charge is 0.321 e. The fourth-order valence-corrected chi connectivity index (χ4v) is 4.23. The quantitative estimate of drug-likeness (QED) is 0.491. The molecule has 3 heterocycles. The number of likely N-dealkylation sites (tertiary alicyclic amines) is 1. The third-order valence-electron chi connectivity index (χ3n) is 5.61. The number of hydrogen-bond acceptors (Lipinski definition) is 4. The van der Waals surface area contributed by atoms with Crippen LogP contribution in [0.3, 0.4) is 0 Å². The Morgan fingerprint density at radius 1 is 1.13 bits per heavy atom. The van der Waals surface area contributed by atoms with E-state index in [9.17, 15) is 9.18 Å². The van der Waals surface area contributed by atoms with Crippen molar-refractivity contribution in [2.45, 2.75) is 19.0 Å². The fraction of sp³-hybridized carbons (Fsp3) is 0.217. The summed E-state index contributed by atoms with van der Waals surface area (Å²) in [6.45, 7) is 1.50. The summed E-state index contributed by atoms with van der Waals surface area (Å²) >= 11 is 6.31. The first-order chi connectivity index (χ1) is 15.1. The Balaban J connectivity index is 1.37. The molecule has 2 amide bonds. The minimum Gasteiger partial charge on any atom is -0.358 e. The van der Waals surface area contributed by atoms with Crippen LogP contribution in [0.25, 0.3) is 11.1 Å². The summed E-state index contributed by atoms with van der Waals surface area (Å²) in [5, 5.41) is 9.98. The number of nitrogens with one attached hydrogen (secondary N) is 3. The molecule has 2 aliphatic heterocycles. The van der Waals surface area contributed by atoms with Crippen molar-refractivity contribution in [3.63, 3.8) is 0 Å². The van der Waals surface area contributed by atoms with Gasteiger partial charge in [0.25, 0.3) is 0 Å². The van der Waals surface area contributed by atoms with E-state index in [-0.39, 0.29) is 11.8 Å². The number of fused-ring (bicyclic) bond motifs is 1. The van der Waals surface area contributed by atoms with Gasteiger partial charge in [-0.15, -0.1) is 0 Å². The van der Waals surface area contributed by atoms with E-state index in [2.05, 4.69) is 20.9 Å². The molecule has 3 N–H and O–H groups in total. The lowest BCUT2D eigenvalue weighted by Gasteiger charge is -2.18. The van der Waals surface area contributed by atoms with Gasteiger partial charge in [0.1, 0.15) is 12.0 Å². The number of anilines is 3. The van der Waals surface area contributed by atoms with Gasteiger partial charge in [-0.1, -0.05) is 29.8 Å². The van der Waals surface area contributed by atoms with E-state index in [1.54, 1.807) is 23.2 Å². The molecule has 0 saturated carbocycles. The lowest BCUT2D eigenvalue weighted by molar-refractivity contribution is 0.222. The number of urea groups is 1. The standard InChI is InChI=1S/C23H21ClFN5O/c24-18-6-2-1-5-16(18)14-11-20-22(26-13-14)29-21(28-20)17-12-15(7-8-19(17)25)27-23(31)30-9-3-4-10-30/h1-2,5-8,11-13,21,28H,3-4,9-10H2,(H,26,29)(H,27,31). The Bertz CT molecular complexity index is 1150. The summed E-state index contributed by atoms with van der Waals surface area (Å²) in [4.78, 5) is 18.6. The molecular weight excluding hydrogens is 417 g/mol. The lowest BCUT2D eigenvalue weighted by atomic mass is 10.1. The highest BCUT2D eigenvalue weighted by Crippen LogP contribution is 2.38. The third kappa shape index (κ3) is 3.88. The Kier molecular flexibility index (Phi) is 5.11. The van der Waals surface area contributed by atoms with Gasteiger partial charge in [-0.2, -0.15) is 0 Å². The topological polar surface area (TPSA) is 69.3 Å². The lowest BCUT2D eigenvalue weighted by Crippen LogP contribution is -2.32. The normalized spacial score (nSPS) is 17.1. The van der Waals surface area contributed by atoms with Gasteiger partial charge in [-0.05, 0) is 43.2 Å². The predicted molar refractivity (Wildman–Crippen MR) is 121 cm³/mol. The molecule has 6 nitrogen and oxygen atoms in total. The van der Waals surface area contributed by atoms with Gasteiger partial charge in [0, 0.05) is 46.7 Å². The monoisotopic (exact) mass is 437 g/mol. The number of carbonyl (C=O) groups is 1. The Hall–Kier alpha value is -3.32. The summed E-state index contributed by atoms with van der Waals surface area (Å²) in [6, 6.07) is 13.9. The zero-order valence-corrected chi connectivity index (χ0v) is 17.4. The maximum absolute atomic E-state index is 14.6. The maximum Gasteiger partial charge on any atom is 0.321 e. The Labute approximate surface area is 184 Å². The molecule has 158 valence electrons. The number of benzene rings is 2. The summed E-state index contributed by atoms with van der Waals surface area (Å²) in [6.07, 6.45) is 3.26. The van der Waals surface area contributed by atoms with Crippen molar-refractivity contribution < 1.29 is 9.18 Å². The van der Waals surface area contributed by atoms with Crippen LogP contribution < -0.4 is 16.0 Å². The van der Waals surface area contributed by atoms with Gasteiger partial charge < -0.3 is 20.9 Å². The van der Waals surface area contributed by atoms with Crippen molar-refractivity contribution in [1.82, 2.24) is 9.88 Å². The summed E-state index contributed by atoms with van der Waals surface area (Å²) in [5.41, 5.74) is 3.45. The highest BCUT2D eigenvalue weighted by Gasteiger charge is 2.26. The van der Waals surface area contributed by atoms with E-state index in [1.807, 2.05) is 30.3 Å². The minimum absolute atomic E-state index is 0.156. The van der Waals surface area contributed by atoms with Crippen molar-refractivity contribution in [3.05, 3.63) is 71.1 Å². The molecule has 0 aliphatic carbocycles. The molecular formula is C23H21ClFN5O. The van der Waals surface area contributed by atoms with E-state index in [0.29, 0.717) is 22.1 Å². The summed E-state index contributed by atoms with van der Waals surface area (Å²) in [5.74, 6) is 0.259. The average Bonchev–Trinajstić information content (AvgIpc) is 3.45. The van der Waals surface area contributed by atoms with E-state index in [4.69, 9.17) is 11.6 Å². The number of halogens is 2. The number of hydrogen-bond donors (Lipinski definition) is 3. The first-order valence-corrected chi connectivity index (χ1v) is 10.6. The van der Waals surface area contributed by atoms with E-state index in [1.165, 1.54) is 6.07 Å². The molecule has 1 atom stereocenters. The molecule has 0 spiro atoms. The van der Waals surface area contributed by atoms with Crippen molar-refractivity contribution >= 4 is 34.8 Å². The molecule has 2 aromatic carbocycles. The largest absolute Gasteiger partial charge is 0.358 e. The second-order valence-corrected chi connectivity index (χ2v) is 8.09. The molecule has 1 fully saturated rings. The number of carbonyl (C=O) groups excluding carboxylic acids is 1. The average molecular weight is 438 g/mol. The van der Waals surface area contributed by atoms with Gasteiger partial charge in [-0.25, -0.2) is 14.2 Å². The van der Waals surface area contributed by atoms with Crippen LogP contribution in [0.15, 0.2) is 54.7 Å². The number of pyridine rings is 1. The summed E-state index contributed by atoms with van der Waals surface area (Å²) in [7, 11) is 0. The second-order valence-electron chi connectivity index (χ2n) is 7.68. The second kappa shape index (κ2) is 8.07. The number of rotatable bonds is 3. The van der Waals surface area contributed by atoms with E-state index in [0.717, 1.165) is 42.7 Å². The van der Waals surface area contributed by atoms with Gasteiger partial charge in [0.2, 0.25) is 0 Å². The SMILES string of the molecule is O=C(Nc1ccc(F)c(C2Nc3cc(-c4ccccc4Cl)cnc3N2)c1)N1CCCC1. The fourth-order valence-electron chi connectivity index (χ4n) is 3.98.